The molecule has 114 valence electrons. The molecule has 1 aliphatic heterocycles. The van der Waals surface area contributed by atoms with Crippen molar-refractivity contribution in [3.05, 3.63) is 35.9 Å². The number of rotatable bonds is 5. The highest BCUT2D eigenvalue weighted by Crippen LogP contribution is 2.22. The number of hydrogen-bond donors (Lipinski definition) is 1. The van der Waals surface area contributed by atoms with Gasteiger partial charge in [0.05, 0.1) is 12.5 Å². The molecule has 1 aliphatic rings. The van der Waals surface area contributed by atoms with Crippen molar-refractivity contribution < 1.29 is 14.7 Å². The molecule has 1 aromatic rings. The van der Waals surface area contributed by atoms with Crippen LogP contribution >= 0.6 is 0 Å². The van der Waals surface area contributed by atoms with Crippen LogP contribution in [0.25, 0.3) is 0 Å². The van der Waals surface area contributed by atoms with Gasteiger partial charge in [0.2, 0.25) is 5.91 Å². The number of carbonyl (C=O) groups is 2. The lowest BCUT2D eigenvalue weighted by atomic mass is 9.95. The second-order valence-corrected chi connectivity index (χ2v) is 5.37. The summed E-state index contributed by atoms with van der Waals surface area (Å²) in [6.45, 7) is 4.55. The van der Waals surface area contributed by atoms with E-state index in [2.05, 4.69) is 0 Å². The Bertz CT molecular complexity index is 482. The molecule has 0 aliphatic carbocycles. The number of nitrogens with zero attached hydrogens (tertiary/aromatic N) is 2. The molecule has 1 N–H and O–H groups in total. The van der Waals surface area contributed by atoms with Crippen molar-refractivity contribution >= 4 is 11.9 Å². The molecule has 1 heterocycles. The third kappa shape index (κ3) is 4.04. The third-order valence-corrected chi connectivity index (χ3v) is 3.95. The highest BCUT2D eigenvalue weighted by Gasteiger charge is 2.27. The molecule has 1 unspecified atom stereocenters. The summed E-state index contributed by atoms with van der Waals surface area (Å²) in [5.74, 6) is -0.763. The maximum atomic E-state index is 12.6. The summed E-state index contributed by atoms with van der Waals surface area (Å²) >= 11 is 0. The van der Waals surface area contributed by atoms with Crippen LogP contribution in [0.1, 0.15) is 24.8 Å². The topological polar surface area (TPSA) is 60.9 Å². The van der Waals surface area contributed by atoms with Gasteiger partial charge in [-0.05, 0) is 12.0 Å². The third-order valence-electron chi connectivity index (χ3n) is 3.95. The molecule has 5 nitrogen and oxygen atoms in total. The molecule has 1 fully saturated rings. The first kappa shape index (κ1) is 15.5. The van der Waals surface area contributed by atoms with E-state index < -0.39 is 5.97 Å². The van der Waals surface area contributed by atoms with Crippen LogP contribution in [0.4, 0.5) is 0 Å². The van der Waals surface area contributed by atoms with Crippen LogP contribution in [0.5, 0.6) is 0 Å². The van der Waals surface area contributed by atoms with Gasteiger partial charge < -0.3 is 10.0 Å². The van der Waals surface area contributed by atoms with Crippen LogP contribution in [0.2, 0.25) is 0 Å². The maximum absolute atomic E-state index is 12.6. The SMILES string of the molecule is CCC(C(=O)N1CCN(CC(=O)O)CC1)c1ccccc1. The van der Waals surface area contributed by atoms with E-state index in [1.165, 1.54) is 0 Å². The van der Waals surface area contributed by atoms with Crippen LogP contribution in [0.15, 0.2) is 30.3 Å². The van der Waals surface area contributed by atoms with Gasteiger partial charge in [-0.2, -0.15) is 0 Å². The minimum absolute atomic E-state index is 0.0535. The van der Waals surface area contributed by atoms with Crippen LogP contribution in [0.3, 0.4) is 0 Å². The van der Waals surface area contributed by atoms with E-state index in [1.807, 2.05) is 47.1 Å². The van der Waals surface area contributed by atoms with Crippen molar-refractivity contribution in [2.24, 2.45) is 0 Å². The summed E-state index contributed by atoms with van der Waals surface area (Å²) in [4.78, 5) is 27.1. The number of piperazine rings is 1. The minimum Gasteiger partial charge on any atom is -0.480 e. The zero-order valence-electron chi connectivity index (χ0n) is 12.4. The molecule has 1 atom stereocenters. The Morgan fingerprint density at radius 1 is 1.14 bits per heavy atom. The van der Waals surface area contributed by atoms with E-state index in [-0.39, 0.29) is 18.4 Å². The zero-order valence-corrected chi connectivity index (χ0v) is 12.4. The smallest absolute Gasteiger partial charge is 0.317 e. The summed E-state index contributed by atoms with van der Waals surface area (Å²) < 4.78 is 0. The fourth-order valence-electron chi connectivity index (χ4n) is 2.78. The second-order valence-electron chi connectivity index (χ2n) is 5.37. The van der Waals surface area contributed by atoms with E-state index in [4.69, 9.17) is 5.11 Å². The molecule has 0 spiro atoms. The van der Waals surface area contributed by atoms with E-state index in [1.54, 1.807) is 0 Å². The molecule has 1 aromatic carbocycles. The molecular weight excluding hydrogens is 268 g/mol. The van der Waals surface area contributed by atoms with E-state index in [9.17, 15) is 9.59 Å². The highest BCUT2D eigenvalue weighted by atomic mass is 16.4. The quantitative estimate of drug-likeness (QED) is 0.890. The fraction of sp³-hybridized carbons (Fsp3) is 0.500. The normalized spacial score (nSPS) is 17.5. The summed E-state index contributed by atoms with van der Waals surface area (Å²) in [6.07, 6.45) is 0.776. The van der Waals surface area contributed by atoms with Gasteiger partial charge >= 0.3 is 5.97 Å². The molecule has 0 radical (unpaired) electrons. The Kier molecular flexibility index (Phi) is 5.33. The average Bonchev–Trinajstić information content (AvgIpc) is 2.49. The Labute approximate surface area is 125 Å². The van der Waals surface area contributed by atoms with Gasteiger partial charge in [-0.1, -0.05) is 37.3 Å². The monoisotopic (exact) mass is 290 g/mol. The summed E-state index contributed by atoms with van der Waals surface area (Å²) in [5, 5.41) is 8.79. The van der Waals surface area contributed by atoms with Crippen molar-refractivity contribution in [2.45, 2.75) is 19.3 Å². The number of aliphatic carboxylic acids is 1. The molecule has 1 saturated heterocycles. The Morgan fingerprint density at radius 3 is 2.29 bits per heavy atom. The standard InChI is InChI=1S/C16H22N2O3/c1-2-14(13-6-4-3-5-7-13)16(21)18-10-8-17(9-11-18)12-15(19)20/h3-7,14H,2,8-12H2,1H3,(H,19,20). The fourth-order valence-corrected chi connectivity index (χ4v) is 2.78. The molecule has 21 heavy (non-hydrogen) atoms. The van der Waals surface area contributed by atoms with E-state index >= 15 is 0 Å². The Balaban J connectivity index is 1.96. The lowest BCUT2D eigenvalue weighted by Gasteiger charge is -2.35. The number of carbonyl (C=O) groups excluding carboxylic acids is 1. The molecule has 0 saturated carbocycles. The average molecular weight is 290 g/mol. The largest absolute Gasteiger partial charge is 0.480 e. The highest BCUT2D eigenvalue weighted by molar-refractivity contribution is 5.83. The van der Waals surface area contributed by atoms with Crippen LogP contribution < -0.4 is 0 Å². The Morgan fingerprint density at radius 2 is 1.76 bits per heavy atom. The first-order valence-electron chi connectivity index (χ1n) is 7.39. The van der Waals surface area contributed by atoms with Gasteiger partial charge in [-0.3, -0.25) is 14.5 Å². The van der Waals surface area contributed by atoms with E-state index in [0.717, 1.165) is 12.0 Å². The summed E-state index contributed by atoms with van der Waals surface area (Å²) in [6, 6.07) is 9.84. The van der Waals surface area contributed by atoms with Gasteiger partial charge in [0, 0.05) is 26.2 Å². The van der Waals surface area contributed by atoms with Crippen LogP contribution in [-0.4, -0.2) is 59.5 Å². The van der Waals surface area contributed by atoms with E-state index in [0.29, 0.717) is 26.2 Å². The number of benzene rings is 1. The zero-order chi connectivity index (χ0) is 15.2. The molecule has 0 bridgehead atoms. The predicted molar refractivity (Wildman–Crippen MR) is 80.1 cm³/mol. The summed E-state index contributed by atoms with van der Waals surface area (Å²) in [7, 11) is 0. The van der Waals surface area contributed by atoms with Gasteiger partial charge in [0.25, 0.3) is 0 Å². The number of carboxylic acids is 1. The second kappa shape index (κ2) is 7.22. The maximum Gasteiger partial charge on any atom is 0.317 e. The van der Waals surface area contributed by atoms with Crippen molar-refractivity contribution in [3.63, 3.8) is 0 Å². The van der Waals surface area contributed by atoms with Crippen molar-refractivity contribution in [1.82, 2.24) is 9.80 Å². The van der Waals surface area contributed by atoms with Gasteiger partial charge in [0.1, 0.15) is 0 Å². The van der Waals surface area contributed by atoms with Gasteiger partial charge in [-0.25, -0.2) is 0 Å². The number of amides is 1. The number of hydrogen-bond acceptors (Lipinski definition) is 3. The minimum atomic E-state index is -0.814. The first-order chi connectivity index (χ1) is 10.1. The Hall–Kier alpha value is -1.88. The van der Waals surface area contributed by atoms with Crippen molar-refractivity contribution in [2.75, 3.05) is 32.7 Å². The molecule has 1 amide bonds. The lowest BCUT2D eigenvalue weighted by molar-refractivity contribution is -0.139. The molecule has 2 rings (SSSR count). The van der Waals surface area contributed by atoms with Gasteiger partial charge in [0.15, 0.2) is 0 Å². The van der Waals surface area contributed by atoms with Crippen LogP contribution in [0, 0.1) is 0 Å². The van der Waals surface area contributed by atoms with Crippen molar-refractivity contribution in [1.29, 1.82) is 0 Å². The molecular formula is C16H22N2O3. The molecule has 0 aromatic heterocycles. The number of carboxylic acid groups (broad SMARTS) is 1. The lowest BCUT2D eigenvalue weighted by Crippen LogP contribution is -2.51. The van der Waals surface area contributed by atoms with Gasteiger partial charge in [-0.15, -0.1) is 0 Å². The molecule has 5 heteroatoms. The van der Waals surface area contributed by atoms with Crippen LogP contribution in [-0.2, 0) is 9.59 Å². The van der Waals surface area contributed by atoms with Crippen molar-refractivity contribution in [3.8, 4) is 0 Å². The predicted octanol–water partition coefficient (Wildman–Crippen LogP) is 1.41. The summed E-state index contributed by atoms with van der Waals surface area (Å²) in [5.41, 5.74) is 1.05. The first-order valence-corrected chi connectivity index (χ1v) is 7.39.